The summed E-state index contributed by atoms with van der Waals surface area (Å²) in [6.45, 7) is 8.21. The van der Waals surface area contributed by atoms with Crippen molar-refractivity contribution in [2.24, 2.45) is 0 Å². The van der Waals surface area contributed by atoms with Gasteiger partial charge in [-0.25, -0.2) is 0 Å². The predicted molar refractivity (Wildman–Crippen MR) is 145 cm³/mol. The minimum absolute atomic E-state index is 0.253. The summed E-state index contributed by atoms with van der Waals surface area (Å²) in [5, 5.41) is 3.44. The molecular formula is C30H57NO2. The highest BCUT2D eigenvalue weighted by molar-refractivity contribution is 4.92. The first-order chi connectivity index (χ1) is 16.4. The molecular weight excluding hydrogens is 406 g/mol. The first-order valence-electron chi connectivity index (χ1n) is 14.6. The van der Waals surface area contributed by atoms with Crippen molar-refractivity contribution >= 4 is 0 Å². The molecule has 1 N–H and O–H groups in total. The first-order valence-corrected chi connectivity index (χ1v) is 14.6. The summed E-state index contributed by atoms with van der Waals surface area (Å²) < 4.78 is 12.3. The van der Waals surface area contributed by atoms with Gasteiger partial charge in [0, 0.05) is 26.3 Å². The maximum absolute atomic E-state index is 6.14. The van der Waals surface area contributed by atoms with Gasteiger partial charge in [-0.3, -0.25) is 0 Å². The third kappa shape index (κ3) is 19.4. The van der Waals surface area contributed by atoms with Crippen LogP contribution in [0.3, 0.4) is 0 Å². The summed E-state index contributed by atoms with van der Waals surface area (Å²) in [5.41, 5.74) is 0. The summed E-state index contributed by atoms with van der Waals surface area (Å²) in [6, 6.07) is 0. The molecule has 1 aliphatic rings. The first kappa shape index (κ1) is 30.4. The smallest absolute Gasteiger partial charge is 0.0973 e. The van der Waals surface area contributed by atoms with Gasteiger partial charge in [0.1, 0.15) is 0 Å². The third-order valence-electron chi connectivity index (χ3n) is 6.61. The molecule has 0 aliphatic carbocycles. The Balaban J connectivity index is 1.85. The minimum atomic E-state index is 0.253. The van der Waals surface area contributed by atoms with Crippen LogP contribution in [0.5, 0.6) is 0 Å². The van der Waals surface area contributed by atoms with E-state index >= 15 is 0 Å². The van der Waals surface area contributed by atoms with Gasteiger partial charge in [0.25, 0.3) is 0 Å². The van der Waals surface area contributed by atoms with E-state index in [0.717, 1.165) is 32.7 Å². The number of hydrogen-bond acceptors (Lipinski definition) is 3. The number of rotatable bonds is 24. The van der Waals surface area contributed by atoms with E-state index in [0.29, 0.717) is 0 Å². The highest BCUT2D eigenvalue weighted by Gasteiger charge is 2.28. The lowest BCUT2D eigenvalue weighted by molar-refractivity contribution is -0.0481. The van der Waals surface area contributed by atoms with Crippen LogP contribution in [0.4, 0.5) is 0 Å². The van der Waals surface area contributed by atoms with E-state index in [1.165, 1.54) is 109 Å². The molecule has 1 aliphatic heterocycles. The topological polar surface area (TPSA) is 30.5 Å². The van der Waals surface area contributed by atoms with Crippen molar-refractivity contribution in [2.45, 2.75) is 142 Å². The number of hydrogen-bond donors (Lipinski definition) is 1. The van der Waals surface area contributed by atoms with Gasteiger partial charge in [-0.2, -0.15) is 0 Å². The lowest BCUT2D eigenvalue weighted by Crippen LogP contribution is -2.30. The van der Waals surface area contributed by atoms with Crippen molar-refractivity contribution in [2.75, 3.05) is 26.3 Å². The molecule has 0 aromatic rings. The fourth-order valence-corrected chi connectivity index (χ4v) is 4.41. The van der Waals surface area contributed by atoms with Gasteiger partial charge in [-0.15, -0.1) is 0 Å². The summed E-state index contributed by atoms with van der Waals surface area (Å²) in [5.74, 6) is 0. The van der Waals surface area contributed by atoms with Crippen LogP contribution in [0.2, 0.25) is 0 Å². The van der Waals surface area contributed by atoms with E-state index in [2.05, 4.69) is 43.5 Å². The molecule has 1 rings (SSSR count). The molecule has 3 heteroatoms. The monoisotopic (exact) mass is 463 g/mol. The van der Waals surface area contributed by atoms with E-state index < -0.39 is 0 Å². The molecule has 33 heavy (non-hydrogen) atoms. The van der Waals surface area contributed by atoms with E-state index in [1.807, 2.05) is 0 Å². The molecule has 3 nitrogen and oxygen atoms in total. The van der Waals surface area contributed by atoms with Crippen LogP contribution in [0.1, 0.15) is 129 Å². The van der Waals surface area contributed by atoms with Crippen LogP contribution in [0, 0.1) is 0 Å². The molecule has 2 atom stereocenters. The Morgan fingerprint density at radius 2 is 0.970 bits per heavy atom. The predicted octanol–water partition coefficient (Wildman–Crippen LogP) is 8.53. The highest BCUT2D eigenvalue weighted by Crippen LogP contribution is 2.13. The fourth-order valence-electron chi connectivity index (χ4n) is 4.41. The largest absolute Gasteiger partial charge is 0.374 e. The summed E-state index contributed by atoms with van der Waals surface area (Å²) in [4.78, 5) is 0. The van der Waals surface area contributed by atoms with Crippen LogP contribution < -0.4 is 5.32 Å². The van der Waals surface area contributed by atoms with Crippen molar-refractivity contribution in [3.05, 3.63) is 24.3 Å². The molecule has 2 unspecified atom stereocenters. The minimum Gasteiger partial charge on any atom is -0.374 e. The second-order valence-electron chi connectivity index (χ2n) is 9.83. The summed E-state index contributed by atoms with van der Waals surface area (Å²) in [6.07, 6.45) is 33.3. The lowest BCUT2D eigenvalue weighted by atomic mass is 10.1. The SMILES string of the molecule is CCCCCC=CCC=CCCCCCCCCOC1CNCC1OCCCCCCCC. The van der Waals surface area contributed by atoms with Gasteiger partial charge in [0.15, 0.2) is 0 Å². The molecule has 0 radical (unpaired) electrons. The van der Waals surface area contributed by atoms with Crippen LogP contribution in [0.25, 0.3) is 0 Å². The third-order valence-corrected chi connectivity index (χ3v) is 6.61. The molecule has 0 aromatic carbocycles. The van der Waals surface area contributed by atoms with E-state index in [1.54, 1.807) is 0 Å². The fraction of sp³-hybridized carbons (Fsp3) is 0.867. The van der Waals surface area contributed by atoms with Crippen molar-refractivity contribution in [1.29, 1.82) is 0 Å². The second-order valence-corrected chi connectivity index (χ2v) is 9.83. The molecule has 1 heterocycles. The zero-order valence-electron chi connectivity index (χ0n) is 22.3. The molecule has 0 spiro atoms. The Morgan fingerprint density at radius 3 is 1.52 bits per heavy atom. The number of unbranched alkanes of at least 4 members (excludes halogenated alkanes) is 14. The Kier molecular flexibility index (Phi) is 22.5. The average molecular weight is 464 g/mol. The van der Waals surface area contributed by atoms with Crippen molar-refractivity contribution in [3.63, 3.8) is 0 Å². The van der Waals surface area contributed by atoms with Gasteiger partial charge in [-0.1, -0.05) is 109 Å². The quantitative estimate of drug-likeness (QED) is 0.115. The van der Waals surface area contributed by atoms with Crippen LogP contribution in [0.15, 0.2) is 24.3 Å². The average Bonchev–Trinajstić information content (AvgIpc) is 3.27. The summed E-state index contributed by atoms with van der Waals surface area (Å²) >= 11 is 0. The zero-order valence-corrected chi connectivity index (χ0v) is 22.3. The zero-order chi connectivity index (χ0) is 23.7. The van der Waals surface area contributed by atoms with Gasteiger partial charge in [0.2, 0.25) is 0 Å². The molecule has 1 fully saturated rings. The van der Waals surface area contributed by atoms with Crippen molar-refractivity contribution < 1.29 is 9.47 Å². The van der Waals surface area contributed by atoms with E-state index in [9.17, 15) is 0 Å². The normalized spacial score (nSPS) is 18.8. The molecule has 0 aromatic heterocycles. The molecule has 194 valence electrons. The number of allylic oxidation sites excluding steroid dienone is 4. The molecule has 1 saturated heterocycles. The highest BCUT2D eigenvalue weighted by atomic mass is 16.5. The standard InChI is InChI=1S/C30H57NO2/c1-3-5-7-9-11-12-13-14-15-16-17-18-19-20-22-24-26-33-30-28-31-27-29(30)32-25-23-21-10-8-6-4-2/h11-12,14-15,29-31H,3-10,13,16-28H2,1-2H3. The Hall–Kier alpha value is -0.640. The van der Waals surface area contributed by atoms with Crippen LogP contribution in [-0.2, 0) is 9.47 Å². The van der Waals surface area contributed by atoms with Crippen LogP contribution >= 0.6 is 0 Å². The maximum Gasteiger partial charge on any atom is 0.0973 e. The van der Waals surface area contributed by atoms with Crippen LogP contribution in [-0.4, -0.2) is 38.5 Å². The van der Waals surface area contributed by atoms with Crippen molar-refractivity contribution in [1.82, 2.24) is 5.32 Å². The molecule has 0 saturated carbocycles. The Labute approximate surface area is 207 Å². The summed E-state index contributed by atoms with van der Waals surface area (Å²) in [7, 11) is 0. The second kappa shape index (κ2) is 24.5. The van der Waals surface area contributed by atoms with E-state index in [4.69, 9.17) is 9.47 Å². The van der Waals surface area contributed by atoms with Gasteiger partial charge in [0.05, 0.1) is 12.2 Å². The molecule has 0 bridgehead atoms. The molecule has 0 amide bonds. The number of ether oxygens (including phenoxy) is 2. The Bertz CT molecular complexity index is 449. The van der Waals surface area contributed by atoms with Crippen molar-refractivity contribution in [3.8, 4) is 0 Å². The van der Waals surface area contributed by atoms with Gasteiger partial charge in [-0.05, 0) is 44.9 Å². The maximum atomic E-state index is 6.14. The lowest BCUT2D eigenvalue weighted by Gasteiger charge is -2.20. The van der Waals surface area contributed by atoms with Gasteiger partial charge >= 0.3 is 0 Å². The van der Waals surface area contributed by atoms with Gasteiger partial charge < -0.3 is 14.8 Å². The number of nitrogens with one attached hydrogen (secondary N) is 1. The van der Waals surface area contributed by atoms with E-state index in [-0.39, 0.29) is 12.2 Å². The Morgan fingerprint density at radius 1 is 0.545 bits per heavy atom.